The van der Waals surface area contributed by atoms with Gasteiger partial charge in [-0.2, -0.15) is 0 Å². The number of nitrogens with zero attached hydrogens (tertiary/aromatic N) is 1. The zero-order valence-electron chi connectivity index (χ0n) is 13.6. The summed E-state index contributed by atoms with van der Waals surface area (Å²) in [6, 6.07) is 13.2. The van der Waals surface area contributed by atoms with Gasteiger partial charge < -0.3 is 15.0 Å². The molecule has 2 heterocycles. The van der Waals surface area contributed by atoms with E-state index in [2.05, 4.69) is 18.3 Å². The van der Waals surface area contributed by atoms with Crippen LogP contribution < -0.4 is 15.0 Å². The first-order valence-electron chi connectivity index (χ1n) is 8.07. The molecule has 2 unspecified atom stereocenters. The van der Waals surface area contributed by atoms with Crippen molar-refractivity contribution in [1.29, 1.82) is 0 Å². The number of hydrogen-bond donors (Lipinski definition) is 1. The number of anilines is 2. The third-order valence-electron chi connectivity index (χ3n) is 4.63. The number of carbonyl (C=O) groups excluding carboxylic acids is 2. The van der Waals surface area contributed by atoms with Crippen molar-refractivity contribution in [2.45, 2.75) is 25.9 Å². The Hall–Kier alpha value is -2.82. The topological polar surface area (TPSA) is 58.6 Å². The Bertz CT molecular complexity index is 846. The molecule has 0 saturated carbocycles. The van der Waals surface area contributed by atoms with E-state index in [0.29, 0.717) is 29.5 Å². The number of carbonyl (C=O) groups is 2. The lowest BCUT2D eigenvalue weighted by Gasteiger charge is -2.26. The van der Waals surface area contributed by atoms with Gasteiger partial charge in [0.05, 0.1) is 11.3 Å². The number of hydrogen-bond acceptors (Lipinski definition) is 3. The molecule has 2 aliphatic heterocycles. The molecular weight excluding hydrogens is 304 g/mol. The van der Waals surface area contributed by atoms with E-state index >= 15 is 0 Å². The fourth-order valence-corrected chi connectivity index (χ4v) is 3.35. The van der Waals surface area contributed by atoms with Gasteiger partial charge in [0.1, 0.15) is 0 Å². The number of ether oxygens (including phenoxy) is 1. The van der Waals surface area contributed by atoms with Gasteiger partial charge in [-0.15, -0.1) is 0 Å². The van der Waals surface area contributed by atoms with Crippen molar-refractivity contribution in [2.24, 2.45) is 0 Å². The van der Waals surface area contributed by atoms with Gasteiger partial charge in [-0.05, 0) is 30.7 Å². The van der Waals surface area contributed by atoms with E-state index in [-0.39, 0.29) is 11.8 Å². The predicted octanol–water partition coefficient (Wildman–Crippen LogP) is 3.17. The SMILES string of the molecule is CC1Oc2c(cccc2C(=O)N2CC(C)c3ccccc32)NC1=O. The van der Waals surface area contributed by atoms with E-state index in [1.165, 1.54) is 5.56 Å². The van der Waals surface area contributed by atoms with Gasteiger partial charge >= 0.3 is 0 Å². The number of benzene rings is 2. The van der Waals surface area contributed by atoms with Crippen LogP contribution in [-0.4, -0.2) is 24.5 Å². The van der Waals surface area contributed by atoms with Crippen molar-refractivity contribution in [2.75, 3.05) is 16.8 Å². The Labute approximate surface area is 140 Å². The molecule has 0 bridgehead atoms. The summed E-state index contributed by atoms with van der Waals surface area (Å²) in [6.07, 6.45) is -0.615. The summed E-state index contributed by atoms with van der Waals surface area (Å²) in [5.74, 6) is 0.440. The van der Waals surface area contributed by atoms with Crippen LogP contribution >= 0.6 is 0 Å². The lowest BCUT2D eigenvalue weighted by Crippen LogP contribution is -2.36. The predicted molar refractivity (Wildman–Crippen MR) is 91.7 cm³/mol. The van der Waals surface area contributed by atoms with E-state index in [9.17, 15) is 9.59 Å². The first-order valence-corrected chi connectivity index (χ1v) is 8.07. The summed E-state index contributed by atoms with van der Waals surface area (Å²) in [7, 11) is 0. The lowest BCUT2D eigenvalue weighted by molar-refractivity contribution is -0.122. The van der Waals surface area contributed by atoms with Crippen molar-refractivity contribution < 1.29 is 14.3 Å². The van der Waals surface area contributed by atoms with Gasteiger partial charge in [0.25, 0.3) is 11.8 Å². The van der Waals surface area contributed by atoms with E-state index in [1.54, 1.807) is 30.0 Å². The molecule has 0 fully saturated rings. The number of amides is 2. The maximum absolute atomic E-state index is 13.1. The van der Waals surface area contributed by atoms with Crippen molar-refractivity contribution in [1.82, 2.24) is 0 Å². The molecule has 4 rings (SSSR count). The van der Waals surface area contributed by atoms with Crippen molar-refractivity contribution in [3.8, 4) is 5.75 Å². The van der Waals surface area contributed by atoms with Crippen LogP contribution in [-0.2, 0) is 4.79 Å². The highest BCUT2D eigenvalue weighted by molar-refractivity contribution is 6.11. The van der Waals surface area contributed by atoms with Gasteiger partial charge in [0, 0.05) is 18.2 Å². The summed E-state index contributed by atoms with van der Waals surface area (Å²) in [4.78, 5) is 26.7. The number of para-hydroxylation sites is 2. The largest absolute Gasteiger partial charge is 0.478 e. The fraction of sp³-hybridized carbons (Fsp3) is 0.263. The van der Waals surface area contributed by atoms with E-state index in [0.717, 1.165) is 5.69 Å². The molecule has 5 nitrogen and oxygen atoms in total. The second kappa shape index (κ2) is 5.37. The summed E-state index contributed by atoms with van der Waals surface area (Å²) in [6.45, 7) is 4.43. The molecule has 5 heteroatoms. The van der Waals surface area contributed by atoms with Crippen LogP contribution in [0, 0.1) is 0 Å². The molecule has 0 aliphatic carbocycles. The molecule has 2 aliphatic rings. The molecule has 2 aromatic rings. The van der Waals surface area contributed by atoms with Crippen LogP contribution in [0.1, 0.15) is 35.7 Å². The van der Waals surface area contributed by atoms with Crippen LogP contribution in [0.5, 0.6) is 5.75 Å². The van der Waals surface area contributed by atoms with Gasteiger partial charge in [0.2, 0.25) is 0 Å². The molecule has 1 N–H and O–H groups in total. The maximum Gasteiger partial charge on any atom is 0.265 e. The smallest absolute Gasteiger partial charge is 0.265 e. The van der Waals surface area contributed by atoms with Gasteiger partial charge in [-0.3, -0.25) is 9.59 Å². The third-order valence-corrected chi connectivity index (χ3v) is 4.63. The Morgan fingerprint density at radius 2 is 1.96 bits per heavy atom. The minimum absolute atomic E-state index is 0.105. The van der Waals surface area contributed by atoms with Gasteiger partial charge in [0.15, 0.2) is 11.9 Å². The van der Waals surface area contributed by atoms with E-state index < -0.39 is 6.10 Å². The van der Waals surface area contributed by atoms with Crippen LogP contribution in [0.4, 0.5) is 11.4 Å². The van der Waals surface area contributed by atoms with E-state index in [4.69, 9.17) is 4.74 Å². The maximum atomic E-state index is 13.1. The minimum Gasteiger partial charge on any atom is -0.478 e. The molecule has 0 saturated heterocycles. The first kappa shape index (κ1) is 14.8. The Morgan fingerprint density at radius 1 is 1.17 bits per heavy atom. The van der Waals surface area contributed by atoms with Crippen LogP contribution in [0.15, 0.2) is 42.5 Å². The van der Waals surface area contributed by atoms with Crippen LogP contribution in [0.25, 0.3) is 0 Å². The van der Waals surface area contributed by atoms with Crippen molar-refractivity contribution in [3.05, 3.63) is 53.6 Å². The monoisotopic (exact) mass is 322 g/mol. The quantitative estimate of drug-likeness (QED) is 0.877. The number of fused-ring (bicyclic) bond motifs is 2. The standard InChI is InChI=1S/C19H18N2O3/c1-11-10-21(16-9-4-3-6-13(11)16)19(23)14-7-5-8-15-17(14)24-12(2)18(22)20-15/h3-9,11-12H,10H2,1-2H3,(H,20,22). The molecule has 122 valence electrons. The normalized spacial score (nSPS) is 21.6. The number of rotatable bonds is 1. The second-order valence-corrected chi connectivity index (χ2v) is 6.31. The van der Waals surface area contributed by atoms with Crippen LogP contribution in [0.3, 0.4) is 0 Å². The lowest BCUT2D eigenvalue weighted by atomic mass is 10.0. The molecule has 24 heavy (non-hydrogen) atoms. The summed E-state index contributed by atoms with van der Waals surface area (Å²) in [5.41, 5.74) is 3.14. The second-order valence-electron chi connectivity index (χ2n) is 6.31. The highest BCUT2D eigenvalue weighted by Crippen LogP contribution is 2.39. The van der Waals surface area contributed by atoms with Crippen molar-refractivity contribution >= 4 is 23.2 Å². The Balaban J connectivity index is 1.75. The molecule has 2 aromatic carbocycles. The molecular formula is C19H18N2O3. The minimum atomic E-state index is -0.615. The highest BCUT2D eigenvalue weighted by Gasteiger charge is 2.34. The first-order chi connectivity index (χ1) is 11.6. The number of nitrogens with one attached hydrogen (secondary N) is 1. The average Bonchev–Trinajstić information content (AvgIpc) is 2.92. The summed E-state index contributed by atoms with van der Waals surface area (Å²) in [5, 5.41) is 2.79. The molecule has 2 amide bonds. The molecule has 0 spiro atoms. The van der Waals surface area contributed by atoms with Gasteiger partial charge in [-0.25, -0.2) is 0 Å². The summed E-state index contributed by atoms with van der Waals surface area (Å²) < 4.78 is 5.71. The molecule has 0 aromatic heterocycles. The van der Waals surface area contributed by atoms with E-state index in [1.807, 2.05) is 18.2 Å². The molecule has 0 radical (unpaired) electrons. The Kier molecular flexibility index (Phi) is 3.30. The van der Waals surface area contributed by atoms with Crippen molar-refractivity contribution in [3.63, 3.8) is 0 Å². The third kappa shape index (κ3) is 2.16. The molecule has 2 atom stereocenters. The Morgan fingerprint density at radius 3 is 2.79 bits per heavy atom. The summed E-state index contributed by atoms with van der Waals surface area (Å²) >= 11 is 0. The van der Waals surface area contributed by atoms with Gasteiger partial charge in [-0.1, -0.05) is 31.2 Å². The van der Waals surface area contributed by atoms with Crippen LogP contribution in [0.2, 0.25) is 0 Å². The fourth-order valence-electron chi connectivity index (χ4n) is 3.35. The zero-order valence-corrected chi connectivity index (χ0v) is 13.6. The highest BCUT2D eigenvalue weighted by atomic mass is 16.5. The zero-order chi connectivity index (χ0) is 16.8. The average molecular weight is 322 g/mol.